The van der Waals surface area contributed by atoms with Gasteiger partial charge in [0.15, 0.2) is 10.8 Å². The molecule has 7 heteroatoms. The number of aryl methyl sites for hydroxylation is 1. The van der Waals surface area contributed by atoms with Crippen LogP contribution in [0.2, 0.25) is 5.15 Å². The van der Waals surface area contributed by atoms with Gasteiger partial charge in [0, 0.05) is 5.56 Å². The van der Waals surface area contributed by atoms with Crippen molar-refractivity contribution in [3.8, 4) is 0 Å². The molecule has 2 heterocycles. The number of fused-ring (bicyclic) bond motifs is 1. The summed E-state index contributed by atoms with van der Waals surface area (Å²) in [7, 11) is 0. The fraction of sp³-hybridized carbons (Fsp3) is 0.143. The zero-order valence-corrected chi connectivity index (χ0v) is 12.0. The van der Waals surface area contributed by atoms with E-state index in [1.54, 1.807) is 12.1 Å². The molecule has 2 N–H and O–H groups in total. The summed E-state index contributed by atoms with van der Waals surface area (Å²) in [6, 6.07) is 7.37. The molecular weight excluding hydrogens is 290 g/mol. The molecule has 0 radical (unpaired) electrons. The van der Waals surface area contributed by atoms with E-state index in [1.807, 2.05) is 12.1 Å². The molecule has 106 valence electrons. The van der Waals surface area contributed by atoms with Gasteiger partial charge in [-0.3, -0.25) is 10.1 Å². The van der Waals surface area contributed by atoms with Gasteiger partial charge in [-0.25, -0.2) is 4.98 Å². The summed E-state index contributed by atoms with van der Waals surface area (Å²) in [5, 5.41) is 2.84. The van der Waals surface area contributed by atoms with Crippen molar-refractivity contribution in [2.24, 2.45) is 0 Å². The maximum absolute atomic E-state index is 12.1. The Hall–Kier alpha value is -2.47. The van der Waals surface area contributed by atoms with E-state index < -0.39 is 0 Å². The summed E-state index contributed by atoms with van der Waals surface area (Å²) >= 11 is 6.00. The molecule has 0 saturated heterocycles. The maximum atomic E-state index is 12.1. The molecule has 21 heavy (non-hydrogen) atoms. The zero-order chi connectivity index (χ0) is 14.8. The molecule has 0 unspecified atom stereocenters. The molecule has 6 nitrogen and oxygen atoms in total. The molecule has 3 rings (SSSR count). The summed E-state index contributed by atoms with van der Waals surface area (Å²) in [4.78, 5) is 27.1. The number of H-pyrrole nitrogens is 1. The summed E-state index contributed by atoms with van der Waals surface area (Å²) in [6.07, 6.45) is 2.40. The number of rotatable bonds is 3. The van der Waals surface area contributed by atoms with E-state index in [0.29, 0.717) is 16.7 Å². The van der Waals surface area contributed by atoms with E-state index in [-0.39, 0.29) is 17.0 Å². The van der Waals surface area contributed by atoms with E-state index >= 15 is 0 Å². The van der Waals surface area contributed by atoms with Crippen LogP contribution in [-0.4, -0.2) is 25.8 Å². The molecule has 2 aromatic heterocycles. The highest BCUT2D eigenvalue weighted by atomic mass is 35.5. The van der Waals surface area contributed by atoms with Gasteiger partial charge in [0.2, 0.25) is 5.95 Å². The van der Waals surface area contributed by atoms with Gasteiger partial charge in [0.05, 0.1) is 6.33 Å². The smallest absolute Gasteiger partial charge is 0.258 e. The van der Waals surface area contributed by atoms with E-state index in [9.17, 15) is 4.79 Å². The van der Waals surface area contributed by atoms with Crippen LogP contribution in [0.1, 0.15) is 22.8 Å². The number of nitrogens with one attached hydrogen (secondary N) is 2. The van der Waals surface area contributed by atoms with Gasteiger partial charge < -0.3 is 4.98 Å². The Morgan fingerprint density at radius 1 is 1.29 bits per heavy atom. The van der Waals surface area contributed by atoms with Crippen molar-refractivity contribution in [3.05, 3.63) is 46.9 Å². The topological polar surface area (TPSA) is 83.6 Å². The van der Waals surface area contributed by atoms with Gasteiger partial charge in [-0.15, -0.1) is 0 Å². The van der Waals surface area contributed by atoms with Crippen molar-refractivity contribution in [1.82, 2.24) is 19.9 Å². The van der Waals surface area contributed by atoms with Crippen molar-refractivity contribution < 1.29 is 4.79 Å². The molecule has 0 atom stereocenters. The SMILES string of the molecule is CCc1ccc(C(=O)Nc2nc(Cl)c3[nH]cnc3n2)cc1. The molecule has 0 aliphatic rings. The summed E-state index contributed by atoms with van der Waals surface area (Å²) in [6.45, 7) is 2.06. The molecule has 0 aliphatic heterocycles. The second kappa shape index (κ2) is 5.49. The third-order valence-electron chi connectivity index (χ3n) is 3.09. The third-order valence-corrected chi connectivity index (χ3v) is 3.36. The first kappa shape index (κ1) is 13.5. The average Bonchev–Trinajstić information content (AvgIpc) is 2.96. The van der Waals surface area contributed by atoms with Crippen molar-refractivity contribution in [3.63, 3.8) is 0 Å². The number of aromatic amines is 1. The Morgan fingerprint density at radius 3 is 2.76 bits per heavy atom. The van der Waals surface area contributed by atoms with Gasteiger partial charge in [-0.05, 0) is 24.1 Å². The highest BCUT2D eigenvalue weighted by Gasteiger charge is 2.11. The van der Waals surface area contributed by atoms with Crippen molar-refractivity contribution >= 4 is 34.6 Å². The molecular formula is C14H12ClN5O. The van der Waals surface area contributed by atoms with E-state index in [4.69, 9.17) is 11.6 Å². The molecule has 0 aliphatic carbocycles. The maximum Gasteiger partial charge on any atom is 0.258 e. The second-order valence-corrected chi connectivity index (χ2v) is 4.80. The number of imidazole rings is 1. The highest BCUT2D eigenvalue weighted by Crippen LogP contribution is 2.18. The molecule has 0 fully saturated rings. The van der Waals surface area contributed by atoms with Crippen LogP contribution in [0.5, 0.6) is 0 Å². The molecule has 1 aromatic carbocycles. The quantitative estimate of drug-likeness (QED) is 0.729. The van der Waals surface area contributed by atoms with E-state index in [0.717, 1.165) is 6.42 Å². The number of hydrogen-bond acceptors (Lipinski definition) is 4. The number of nitrogens with zero attached hydrogens (tertiary/aromatic N) is 3. The average molecular weight is 302 g/mol. The first-order valence-electron chi connectivity index (χ1n) is 6.44. The molecule has 1 amide bonds. The number of amides is 1. The first-order chi connectivity index (χ1) is 10.2. The Bertz CT molecular complexity index is 797. The van der Waals surface area contributed by atoms with Gasteiger partial charge in [-0.1, -0.05) is 30.7 Å². The lowest BCUT2D eigenvalue weighted by Gasteiger charge is -2.05. The molecule has 3 aromatic rings. The largest absolute Gasteiger partial charge is 0.341 e. The Labute approximate surface area is 125 Å². The van der Waals surface area contributed by atoms with Crippen LogP contribution in [0, 0.1) is 0 Å². The Balaban J connectivity index is 1.84. The fourth-order valence-corrected chi connectivity index (χ4v) is 2.14. The Kier molecular flexibility index (Phi) is 3.53. The van der Waals surface area contributed by atoms with E-state index in [2.05, 4.69) is 32.2 Å². The standard InChI is InChI=1S/C14H12ClN5O/c1-2-8-3-5-9(6-4-8)13(21)20-14-18-11(15)10-12(19-14)17-7-16-10/h3-7H,2H2,1H3,(H2,16,17,18,19,20,21). The number of anilines is 1. The molecule has 0 bridgehead atoms. The summed E-state index contributed by atoms with van der Waals surface area (Å²) in [5.41, 5.74) is 2.66. The number of hydrogen-bond donors (Lipinski definition) is 2. The van der Waals surface area contributed by atoms with Gasteiger partial charge in [-0.2, -0.15) is 9.97 Å². The fourth-order valence-electron chi connectivity index (χ4n) is 1.92. The lowest BCUT2D eigenvalue weighted by molar-refractivity contribution is 0.102. The second-order valence-electron chi connectivity index (χ2n) is 4.44. The normalized spacial score (nSPS) is 10.8. The van der Waals surface area contributed by atoms with Crippen molar-refractivity contribution in [2.45, 2.75) is 13.3 Å². The minimum atomic E-state index is -0.288. The van der Waals surface area contributed by atoms with Crippen LogP contribution in [-0.2, 0) is 6.42 Å². The van der Waals surface area contributed by atoms with Gasteiger partial charge >= 0.3 is 0 Å². The van der Waals surface area contributed by atoms with Crippen molar-refractivity contribution in [2.75, 3.05) is 5.32 Å². The predicted molar refractivity (Wildman–Crippen MR) is 80.5 cm³/mol. The van der Waals surface area contributed by atoms with Crippen LogP contribution < -0.4 is 5.32 Å². The van der Waals surface area contributed by atoms with Crippen molar-refractivity contribution in [1.29, 1.82) is 0 Å². The molecule has 0 saturated carbocycles. The highest BCUT2D eigenvalue weighted by molar-refractivity contribution is 6.33. The Morgan fingerprint density at radius 2 is 2.05 bits per heavy atom. The van der Waals surface area contributed by atoms with E-state index in [1.165, 1.54) is 11.9 Å². The number of carbonyl (C=O) groups is 1. The number of aromatic nitrogens is 4. The van der Waals surface area contributed by atoms with Crippen LogP contribution in [0.4, 0.5) is 5.95 Å². The van der Waals surface area contributed by atoms with Crippen LogP contribution in [0.15, 0.2) is 30.6 Å². The lowest BCUT2D eigenvalue weighted by atomic mass is 10.1. The zero-order valence-electron chi connectivity index (χ0n) is 11.2. The summed E-state index contributed by atoms with van der Waals surface area (Å²) in [5.74, 6) is -0.159. The first-order valence-corrected chi connectivity index (χ1v) is 6.82. The number of halogens is 1. The lowest BCUT2D eigenvalue weighted by Crippen LogP contribution is -2.14. The van der Waals surface area contributed by atoms with Crippen LogP contribution >= 0.6 is 11.6 Å². The van der Waals surface area contributed by atoms with Gasteiger partial charge in [0.1, 0.15) is 5.52 Å². The monoisotopic (exact) mass is 301 g/mol. The third kappa shape index (κ3) is 2.71. The molecule has 0 spiro atoms. The summed E-state index contributed by atoms with van der Waals surface area (Å²) < 4.78 is 0. The van der Waals surface area contributed by atoms with Gasteiger partial charge in [0.25, 0.3) is 5.91 Å². The van der Waals surface area contributed by atoms with Crippen LogP contribution in [0.3, 0.4) is 0 Å². The minimum Gasteiger partial charge on any atom is -0.341 e. The number of benzene rings is 1. The minimum absolute atomic E-state index is 0.129. The number of carbonyl (C=O) groups excluding carboxylic acids is 1. The van der Waals surface area contributed by atoms with Crippen LogP contribution in [0.25, 0.3) is 11.2 Å². The predicted octanol–water partition coefficient (Wildman–Crippen LogP) is 2.82.